The van der Waals surface area contributed by atoms with Crippen LogP contribution in [-0.4, -0.2) is 24.0 Å². The maximum atomic E-state index is 11.8. The highest BCUT2D eigenvalue weighted by molar-refractivity contribution is 6.02. The predicted molar refractivity (Wildman–Crippen MR) is 79.7 cm³/mol. The highest BCUT2D eigenvalue weighted by Gasteiger charge is 2.06. The Bertz CT molecular complexity index is 666. The number of hydrogen-bond donors (Lipinski definition) is 1. The number of nitrogens with one attached hydrogen (secondary N) is 1. The summed E-state index contributed by atoms with van der Waals surface area (Å²) >= 11 is 0. The summed E-state index contributed by atoms with van der Waals surface area (Å²) in [6, 6.07) is 10.2. The van der Waals surface area contributed by atoms with E-state index < -0.39 is 5.97 Å². The van der Waals surface area contributed by atoms with Crippen molar-refractivity contribution in [2.24, 2.45) is 0 Å². The summed E-state index contributed by atoms with van der Waals surface area (Å²) in [5.74, 6) is -0.738. The zero-order valence-corrected chi connectivity index (χ0v) is 11.4. The van der Waals surface area contributed by atoms with Gasteiger partial charge in [0.2, 0.25) is 5.91 Å². The molecule has 1 aromatic heterocycles. The first-order valence-corrected chi connectivity index (χ1v) is 6.26. The summed E-state index contributed by atoms with van der Waals surface area (Å²) in [5.41, 5.74) is 1.74. The summed E-state index contributed by atoms with van der Waals surface area (Å²) in [4.78, 5) is 27.2. The number of anilines is 1. The maximum Gasteiger partial charge on any atom is 0.337 e. The normalized spacial score (nSPS) is 10.3. The summed E-state index contributed by atoms with van der Waals surface area (Å²) in [6.07, 6.45) is 6.38. The maximum absolute atomic E-state index is 11.8. The molecule has 2 aromatic rings. The monoisotopic (exact) mass is 282 g/mol. The molecule has 2 rings (SSSR count). The van der Waals surface area contributed by atoms with Gasteiger partial charge in [0, 0.05) is 24.2 Å². The summed E-state index contributed by atoms with van der Waals surface area (Å²) in [6.45, 7) is 0. The van der Waals surface area contributed by atoms with Crippen LogP contribution in [-0.2, 0) is 9.53 Å². The molecule has 1 heterocycles. The number of ether oxygens (including phenoxy) is 1. The lowest BCUT2D eigenvalue weighted by Gasteiger charge is -2.04. The summed E-state index contributed by atoms with van der Waals surface area (Å²) in [7, 11) is 1.31. The van der Waals surface area contributed by atoms with Gasteiger partial charge in [0.1, 0.15) is 0 Å². The highest BCUT2D eigenvalue weighted by atomic mass is 16.5. The van der Waals surface area contributed by atoms with E-state index >= 15 is 0 Å². The Labute approximate surface area is 122 Å². The Morgan fingerprint density at radius 3 is 2.81 bits per heavy atom. The topological polar surface area (TPSA) is 68.3 Å². The zero-order chi connectivity index (χ0) is 15.1. The number of aromatic nitrogens is 1. The molecule has 106 valence electrons. The molecule has 21 heavy (non-hydrogen) atoms. The number of carbonyl (C=O) groups is 2. The number of carbonyl (C=O) groups excluding carboxylic acids is 2. The largest absolute Gasteiger partial charge is 0.465 e. The van der Waals surface area contributed by atoms with Gasteiger partial charge in [-0.15, -0.1) is 0 Å². The zero-order valence-electron chi connectivity index (χ0n) is 11.4. The smallest absolute Gasteiger partial charge is 0.337 e. The molecule has 1 N–H and O–H groups in total. The van der Waals surface area contributed by atoms with Gasteiger partial charge in [0.05, 0.1) is 12.7 Å². The molecule has 5 nitrogen and oxygen atoms in total. The number of methoxy groups -OCH3 is 1. The van der Waals surface area contributed by atoms with Crippen LogP contribution in [0.1, 0.15) is 15.9 Å². The SMILES string of the molecule is COC(=O)c1cccc(NC(=O)/C=C/c2cccnc2)c1. The molecule has 0 aliphatic heterocycles. The molecule has 0 aliphatic rings. The van der Waals surface area contributed by atoms with Crippen LogP contribution in [0.3, 0.4) is 0 Å². The lowest BCUT2D eigenvalue weighted by Crippen LogP contribution is -2.09. The molecule has 0 bridgehead atoms. The highest BCUT2D eigenvalue weighted by Crippen LogP contribution is 2.11. The first-order chi connectivity index (χ1) is 10.2. The van der Waals surface area contributed by atoms with Gasteiger partial charge in [-0.2, -0.15) is 0 Å². The van der Waals surface area contributed by atoms with E-state index in [1.807, 2.05) is 6.07 Å². The van der Waals surface area contributed by atoms with Crippen molar-refractivity contribution in [2.45, 2.75) is 0 Å². The molecule has 0 atom stereocenters. The van der Waals surface area contributed by atoms with Crippen LogP contribution in [0, 0.1) is 0 Å². The standard InChI is InChI=1S/C16H14N2O3/c1-21-16(20)13-5-2-6-14(10-13)18-15(19)8-7-12-4-3-9-17-11-12/h2-11H,1H3,(H,18,19)/b8-7+. The van der Waals surface area contributed by atoms with Crippen molar-refractivity contribution in [3.63, 3.8) is 0 Å². The Kier molecular flexibility index (Phi) is 4.82. The van der Waals surface area contributed by atoms with Gasteiger partial charge in [-0.3, -0.25) is 9.78 Å². The molecular weight excluding hydrogens is 268 g/mol. The van der Waals surface area contributed by atoms with Crippen molar-refractivity contribution in [1.82, 2.24) is 4.98 Å². The van der Waals surface area contributed by atoms with Crippen molar-refractivity contribution in [2.75, 3.05) is 12.4 Å². The van der Waals surface area contributed by atoms with Crippen LogP contribution in [0.15, 0.2) is 54.9 Å². The fraction of sp³-hybridized carbons (Fsp3) is 0.0625. The number of rotatable bonds is 4. The Morgan fingerprint density at radius 2 is 2.10 bits per heavy atom. The lowest BCUT2D eigenvalue weighted by molar-refractivity contribution is -0.111. The first kappa shape index (κ1) is 14.5. The first-order valence-electron chi connectivity index (χ1n) is 6.26. The van der Waals surface area contributed by atoms with Crippen molar-refractivity contribution in [3.05, 3.63) is 66.0 Å². The molecule has 0 saturated carbocycles. The minimum absolute atomic E-state index is 0.291. The van der Waals surface area contributed by atoms with Gasteiger partial charge < -0.3 is 10.1 Å². The van der Waals surface area contributed by atoms with E-state index in [2.05, 4.69) is 15.0 Å². The molecule has 1 aromatic carbocycles. The molecule has 0 saturated heterocycles. The van der Waals surface area contributed by atoms with Crippen LogP contribution in [0.5, 0.6) is 0 Å². The third kappa shape index (κ3) is 4.28. The van der Waals surface area contributed by atoms with Gasteiger partial charge in [0.25, 0.3) is 0 Å². The third-order valence-corrected chi connectivity index (χ3v) is 2.66. The molecule has 0 radical (unpaired) electrons. The number of pyridine rings is 1. The van der Waals surface area contributed by atoms with Crippen molar-refractivity contribution >= 4 is 23.6 Å². The average molecular weight is 282 g/mol. The van der Waals surface area contributed by atoms with Crippen LogP contribution < -0.4 is 5.32 Å². The molecule has 1 amide bonds. The lowest BCUT2D eigenvalue weighted by atomic mass is 10.2. The van der Waals surface area contributed by atoms with E-state index in [1.54, 1.807) is 48.8 Å². The number of hydrogen-bond acceptors (Lipinski definition) is 4. The van der Waals surface area contributed by atoms with Crippen LogP contribution in [0.25, 0.3) is 6.08 Å². The Morgan fingerprint density at radius 1 is 1.24 bits per heavy atom. The summed E-state index contributed by atoms with van der Waals surface area (Å²) in [5, 5.41) is 2.68. The van der Waals surface area contributed by atoms with Crippen LogP contribution in [0.2, 0.25) is 0 Å². The van der Waals surface area contributed by atoms with Gasteiger partial charge in [-0.05, 0) is 35.9 Å². The second-order valence-corrected chi connectivity index (χ2v) is 4.18. The summed E-state index contributed by atoms with van der Waals surface area (Å²) < 4.78 is 4.63. The van der Waals surface area contributed by atoms with E-state index in [9.17, 15) is 9.59 Å². The third-order valence-electron chi connectivity index (χ3n) is 2.66. The van der Waals surface area contributed by atoms with E-state index in [-0.39, 0.29) is 5.91 Å². The molecular formula is C16H14N2O3. The number of benzene rings is 1. The number of amides is 1. The van der Waals surface area contributed by atoms with E-state index in [0.717, 1.165) is 5.56 Å². The Balaban J connectivity index is 2.03. The van der Waals surface area contributed by atoms with Gasteiger partial charge in [-0.25, -0.2) is 4.79 Å². The molecule has 0 aliphatic carbocycles. The van der Waals surface area contributed by atoms with Gasteiger partial charge >= 0.3 is 5.97 Å². The predicted octanol–water partition coefficient (Wildman–Crippen LogP) is 2.52. The minimum atomic E-state index is -0.447. The fourth-order valence-electron chi connectivity index (χ4n) is 1.67. The van der Waals surface area contributed by atoms with E-state index in [0.29, 0.717) is 11.3 Å². The number of nitrogens with zero attached hydrogens (tertiary/aromatic N) is 1. The molecule has 0 fully saturated rings. The van der Waals surface area contributed by atoms with Gasteiger partial charge in [-0.1, -0.05) is 12.1 Å². The molecule has 5 heteroatoms. The van der Waals surface area contributed by atoms with Gasteiger partial charge in [0.15, 0.2) is 0 Å². The second kappa shape index (κ2) is 7.00. The molecule has 0 spiro atoms. The average Bonchev–Trinajstić information content (AvgIpc) is 2.53. The molecule has 0 unspecified atom stereocenters. The number of esters is 1. The fourth-order valence-corrected chi connectivity index (χ4v) is 1.67. The van der Waals surface area contributed by atoms with E-state index in [4.69, 9.17) is 0 Å². The Hall–Kier alpha value is -2.95. The van der Waals surface area contributed by atoms with Crippen LogP contribution in [0.4, 0.5) is 5.69 Å². The quantitative estimate of drug-likeness (QED) is 0.691. The van der Waals surface area contributed by atoms with Crippen molar-refractivity contribution < 1.29 is 14.3 Å². The van der Waals surface area contributed by atoms with Crippen molar-refractivity contribution in [3.8, 4) is 0 Å². The van der Waals surface area contributed by atoms with Crippen LogP contribution >= 0.6 is 0 Å². The minimum Gasteiger partial charge on any atom is -0.465 e. The second-order valence-electron chi connectivity index (χ2n) is 4.18. The van der Waals surface area contributed by atoms with E-state index in [1.165, 1.54) is 13.2 Å². The van der Waals surface area contributed by atoms with Crippen molar-refractivity contribution in [1.29, 1.82) is 0 Å².